The van der Waals surface area contributed by atoms with Crippen molar-refractivity contribution >= 4 is 11.8 Å². The highest BCUT2D eigenvalue weighted by Gasteiger charge is 2.26. The predicted molar refractivity (Wildman–Crippen MR) is 101 cm³/mol. The zero-order valence-electron chi connectivity index (χ0n) is 15.6. The summed E-state index contributed by atoms with van der Waals surface area (Å²) in [4.78, 5) is 14.0. The van der Waals surface area contributed by atoms with Gasteiger partial charge in [0.25, 0.3) is 0 Å². The maximum Gasteiger partial charge on any atom is 0.224 e. The van der Waals surface area contributed by atoms with Crippen molar-refractivity contribution in [2.45, 2.75) is 25.2 Å². The molecule has 0 unspecified atom stereocenters. The molecule has 1 aliphatic carbocycles. The van der Waals surface area contributed by atoms with Crippen molar-refractivity contribution in [3.8, 4) is 0 Å². The number of hydrogen-bond donors (Lipinski definition) is 2. The molecular formula is C18H32N6O. The van der Waals surface area contributed by atoms with Gasteiger partial charge >= 0.3 is 0 Å². The standard InChI is InChI=1S/C18H32N6O/c1-23(2)8-3-6-20-18-21-16(15-4-5-15)14-17(22-18)19-7-9-24-10-12-25-13-11-24/h14-15H,3-13H2,1-2H3,(H2,19,20,21,22). The van der Waals surface area contributed by atoms with Gasteiger partial charge in [-0.15, -0.1) is 0 Å². The summed E-state index contributed by atoms with van der Waals surface area (Å²) in [6.07, 6.45) is 3.60. The molecule has 1 aliphatic heterocycles. The third-order valence-electron chi connectivity index (χ3n) is 4.64. The molecule has 2 N–H and O–H groups in total. The van der Waals surface area contributed by atoms with E-state index in [4.69, 9.17) is 9.72 Å². The minimum absolute atomic E-state index is 0.630. The van der Waals surface area contributed by atoms with Crippen LogP contribution in [0.2, 0.25) is 0 Å². The van der Waals surface area contributed by atoms with E-state index >= 15 is 0 Å². The topological polar surface area (TPSA) is 65.5 Å². The fourth-order valence-electron chi connectivity index (χ4n) is 2.99. The van der Waals surface area contributed by atoms with Crippen LogP contribution in [-0.4, -0.2) is 86.3 Å². The fraction of sp³-hybridized carbons (Fsp3) is 0.778. The van der Waals surface area contributed by atoms with E-state index in [9.17, 15) is 0 Å². The molecule has 0 aromatic carbocycles. The first kappa shape index (κ1) is 18.4. The van der Waals surface area contributed by atoms with Gasteiger partial charge in [0.1, 0.15) is 5.82 Å². The molecule has 2 fully saturated rings. The molecule has 1 saturated heterocycles. The van der Waals surface area contributed by atoms with Gasteiger partial charge in [-0.2, -0.15) is 4.98 Å². The average Bonchev–Trinajstić information content (AvgIpc) is 3.45. The van der Waals surface area contributed by atoms with Gasteiger partial charge < -0.3 is 20.3 Å². The Morgan fingerprint density at radius 3 is 2.68 bits per heavy atom. The zero-order chi connectivity index (χ0) is 17.5. The van der Waals surface area contributed by atoms with Crippen LogP contribution in [0.1, 0.15) is 30.9 Å². The van der Waals surface area contributed by atoms with Gasteiger partial charge in [0.2, 0.25) is 5.95 Å². The van der Waals surface area contributed by atoms with E-state index in [2.05, 4.69) is 45.6 Å². The van der Waals surface area contributed by atoms with Gasteiger partial charge in [0.05, 0.1) is 18.9 Å². The summed E-state index contributed by atoms with van der Waals surface area (Å²) in [5, 5.41) is 6.87. The number of nitrogens with one attached hydrogen (secondary N) is 2. The summed E-state index contributed by atoms with van der Waals surface area (Å²) < 4.78 is 5.40. The minimum Gasteiger partial charge on any atom is -0.379 e. The van der Waals surface area contributed by atoms with E-state index < -0.39 is 0 Å². The quantitative estimate of drug-likeness (QED) is 0.621. The first-order valence-corrected chi connectivity index (χ1v) is 9.52. The molecule has 0 spiro atoms. The maximum atomic E-state index is 5.40. The number of anilines is 2. The summed E-state index contributed by atoms with van der Waals surface area (Å²) in [6.45, 7) is 7.65. The summed E-state index contributed by atoms with van der Waals surface area (Å²) in [6, 6.07) is 2.13. The molecule has 7 nitrogen and oxygen atoms in total. The molecule has 2 aliphatic rings. The van der Waals surface area contributed by atoms with E-state index in [0.29, 0.717) is 5.92 Å². The van der Waals surface area contributed by atoms with E-state index in [1.54, 1.807) is 0 Å². The monoisotopic (exact) mass is 348 g/mol. The van der Waals surface area contributed by atoms with Crippen molar-refractivity contribution in [1.82, 2.24) is 19.8 Å². The van der Waals surface area contributed by atoms with Crippen molar-refractivity contribution in [3.63, 3.8) is 0 Å². The van der Waals surface area contributed by atoms with Gasteiger partial charge in [-0.3, -0.25) is 4.90 Å². The third-order valence-corrected chi connectivity index (χ3v) is 4.64. The molecular weight excluding hydrogens is 316 g/mol. The maximum absolute atomic E-state index is 5.40. The van der Waals surface area contributed by atoms with E-state index in [0.717, 1.165) is 70.7 Å². The lowest BCUT2D eigenvalue weighted by molar-refractivity contribution is 0.0398. The summed E-state index contributed by atoms with van der Waals surface area (Å²) >= 11 is 0. The fourth-order valence-corrected chi connectivity index (χ4v) is 2.99. The Labute approximate surface area is 151 Å². The molecule has 0 radical (unpaired) electrons. The van der Waals surface area contributed by atoms with Crippen molar-refractivity contribution < 1.29 is 4.74 Å². The highest BCUT2D eigenvalue weighted by Crippen LogP contribution is 2.39. The highest BCUT2D eigenvalue weighted by atomic mass is 16.5. The van der Waals surface area contributed by atoms with Crippen LogP contribution in [0.3, 0.4) is 0 Å². The second kappa shape index (κ2) is 9.31. The predicted octanol–water partition coefficient (Wildman–Crippen LogP) is 1.46. The summed E-state index contributed by atoms with van der Waals surface area (Å²) in [7, 11) is 4.20. The SMILES string of the molecule is CN(C)CCCNc1nc(NCCN2CCOCC2)cc(C2CC2)n1. The largest absolute Gasteiger partial charge is 0.379 e. The number of ether oxygens (including phenoxy) is 1. The van der Waals surface area contributed by atoms with Crippen LogP contribution < -0.4 is 10.6 Å². The average molecular weight is 348 g/mol. The Hall–Kier alpha value is -1.44. The second-order valence-electron chi connectivity index (χ2n) is 7.24. The molecule has 1 aromatic heterocycles. The summed E-state index contributed by atoms with van der Waals surface area (Å²) in [5.41, 5.74) is 1.18. The lowest BCUT2D eigenvalue weighted by atomic mass is 10.3. The number of hydrogen-bond acceptors (Lipinski definition) is 7. The normalized spacial score (nSPS) is 18.5. The Balaban J connectivity index is 1.50. The number of morpholine rings is 1. The van der Waals surface area contributed by atoms with Crippen LogP contribution in [-0.2, 0) is 4.74 Å². The first-order valence-electron chi connectivity index (χ1n) is 9.52. The van der Waals surface area contributed by atoms with Crippen molar-refractivity contribution in [1.29, 1.82) is 0 Å². The molecule has 140 valence electrons. The van der Waals surface area contributed by atoms with E-state index in [1.165, 1.54) is 18.5 Å². The smallest absolute Gasteiger partial charge is 0.224 e. The van der Waals surface area contributed by atoms with Crippen LogP contribution in [0.25, 0.3) is 0 Å². The van der Waals surface area contributed by atoms with Gasteiger partial charge in [-0.05, 0) is 39.9 Å². The molecule has 0 atom stereocenters. The highest BCUT2D eigenvalue weighted by molar-refractivity contribution is 5.44. The van der Waals surface area contributed by atoms with Crippen molar-refractivity contribution in [2.75, 3.05) is 77.2 Å². The number of aromatic nitrogens is 2. The Morgan fingerprint density at radius 1 is 1.16 bits per heavy atom. The van der Waals surface area contributed by atoms with Gasteiger partial charge in [-0.1, -0.05) is 0 Å². The van der Waals surface area contributed by atoms with Crippen LogP contribution in [0.5, 0.6) is 0 Å². The van der Waals surface area contributed by atoms with Crippen LogP contribution in [0.4, 0.5) is 11.8 Å². The van der Waals surface area contributed by atoms with Crippen LogP contribution >= 0.6 is 0 Å². The van der Waals surface area contributed by atoms with Gasteiger partial charge in [0, 0.05) is 44.7 Å². The zero-order valence-corrected chi connectivity index (χ0v) is 15.6. The summed E-state index contributed by atoms with van der Waals surface area (Å²) in [5.74, 6) is 2.34. The number of rotatable bonds is 10. The lowest BCUT2D eigenvalue weighted by Crippen LogP contribution is -2.39. The first-order chi connectivity index (χ1) is 12.2. The molecule has 0 amide bonds. The Bertz CT molecular complexity index is 528. The molecule has 1 saturated carbocycles. The molecule has 25 heavy (non-hydrogen) atoms. The molecule has 3 rings (SSSR count). The van der Waals surface area contributed by atoms with Crippen LogP contribution in [0.15, 0.2) is 6.07 Å². The molecule has 7 heteroatoms. The molecule has 2 heterocycles. The van der Waals surface area contributed by atoms with Crippen LogP contribution in [0, 0.1) is 0 Å². The van der Waals surface area contributed by atoms with E-state index in [-0.39, 0.29) is 0 Å². The lowest BCUT2D eigenvalue weighted by Gasteiger charge is -2.26. The molecule has 1 aromatic rings. The molecule has 0 bridgehead atoms. The van der Waals surface area contributed by atoms with Crippen molar-refractivity contribution in [3.05, 3.63) is 11.8 Å². The van der Waals surface area contributed by atoms with Gasteiger partial charge in [0.15, 0.2) is 0 Å². The Kier molecular flexibility index (Phi) is 6.84. The van der Waals surface area contributed by atoms with E-state index in [1.807, 2.05) is 0 Å². The Morgan fingerprint density at radius 2 is 1.96 bits per heavy atom. The van der Waals surface area contributed by atoms with Crippen molar-refractivity contribution in [2.24, 2.45) is 0 Å². The minimum atomic E-state index is 0.630. The third kappa shape index (κ3) is 6.41. The number of nitrogens with zero attached hydrogens (tertiary/aromatic N) is 4. The second-order valence-corrected chi connectivity index (χ2v) is 7.24. The van der Waals surface area contributed by atoms with Gasteiger partial charge in [-0.25, -0.2) is 4.98 Å².